The molecule has 0 bridgehead atoms. The summed E-state index contributed by atoms with van der Waals surface area (Å²) in [5, 5.41) is 9.13. The zero-order valence-corrected chi connectivity index (χ0v) is 12.0. The second kappa shape index (κ2) is 6.63. The molecule has 0 aliphatic rings. The molecule has 0 aromatic heterocycles. The van der Waals surface area contributed by atoms with Crippen LogP contribution in [0.15, 0.2) is 6.07 Å². The molecule has 0 saturated heterocycles. The van der Waals surface area contributed by atoms with Crippen LogP contribution in [0.3, 0.4) is 0 Å². The number of carbonyl (C=O) groups is 1. The smallest absolute Gasteiger partial charge is 0.303 e. The minimum Gasteiger partial charge on any atom is -0.496 e. The van der Waals surface area contributed by atoms with Crippen molar-refractivity contribution < 1.29 is 19.4 Å². The van der Waals surface area contributed by atoms with Crippen molar-refractivity contribution in [1.29, 1.82) is 0 Å². The average Bonchev–Trinajstić information content (AvgIpc) is 2.38. The van der Waals surface area contributed by atoms with Gasteiger partial charge < -0.3 is 20.3 Å². The minimum absolute atomic E-state index is 0.0157. The average molecular weight is 288 g/mol. The highest BCUT2D eigenvalue weighted by molar-refractivity contribution is 6.33. The lowest BCUT2D eigenvalue weighted by Crippen LogP contribution is -2.14. The molecule has 1 aromatic carbocycles. The normalized spacial score (nSPS) is 12.1. The summed E-state index contributed by atoms with van der Waals surface area (Å²) < 4.78 is 10.5. The maximum atomic E-state index is 10.6. The van der Waals surface area contributed by atoms with Gasteiger partial charge in [-0.3, -0.25) is 4.79 Å². The molecule has 6 heteroatoms. The molecule has 1 atom stereocenters. The summed E-state index contributed by atoms with van der Waals surface area (Å²) in [5.74, 6) is 0.184. The first-order valence-corrected chi connectivity index (χ1v) is 6.18. The Balaban J connectivity index is 3.17. The van der Waals surface area contributed by atoms with Crippen LogP contribution >= 0.6 is 11.6 Å². The van der Waals surface area contributed by atoms with Crippen molar-refractivity contribution in [2.45, 2.75) is 25.8 Å². The van der Waals surface area contributed by atoms with Crippen molar-refractivity contribution in [3.8, 4) is 11.5 Å². The maximum Gasteiger partial charge on any atom is 0.303 e. The second-order valence-corrected chi connectivity index (χ2v) is 4.56. The van der Waals surface area contributed by atoms with Crippen LogP contribution in [0.1, 0.15) is 30.0 Å². The van der Waals surface area contributed by atoms with E-state index in [0.717, 1.165) is 5.56 Å². The fourth-order valence-corrected chi connectivity index (χ4v) is 2.13. The monoisotopic (exact) mass is 287 g/mol. The first-order chi connectivity index (χ1) is 8.92. The van der Waals surface area contributed by atoms with Gasteiger partial charge in [0, 0.05) is 23.6 Å². The van der Waals surface area contributed by atoms with Crippen LogP contribution in [0.25, 0.3) is 0 Å². The van der Waals surface area contributed by atoms with Crippen LogP contribution in [-0.2, 0) is 4.79 Å². The lowest BCUT2D eigenvalue weighted by molar-refractivity contribution is -0.137. The number of carboxylic acid groups (broad SMARTS) is 1. The van der Waals surface area contributed by atoms with Gasteiger partial charge in [-0.15, -0.1) is 0 Å². The quantitative estimate of drug-likeness (QED) is 0.840. The van der Waals surface area contributed by atoms with Crippen LogP contribution in [-0.4, -0.2) is 25.3 Å². The molecule has 1 rings (SSSR count). The second-order valence-electron chi connectivity index (χ2n) is 4.18. The summed E-state index contributed by atoms with van der Waals surface area (Å²) >= 11 is 6.21. The number of carboxylic acids is 1. The van der Waals surface area contributed by atoms with Crippen molar-refractivity contribution >= 4 is 17.6 Å². The van der Waals surface area contributed by atoms with Gasteiger partial charge in [-0.1, -0.05) is 11.6 Å². The Morgan fingerprint density at radius 1 is 1.47 bits per heavy atom. The van der Waals surface area contributed by atoms with Crippen LogP contribution in [0.4, 0.5) is 0 Å². The summed E-state index contributed by atoms with van der Waals surface area (Å²) in [6, 6.07) is 1.27. The Morgan fingerprint density at radius 2 is 2.11 bits per heavy atom. The molecule has 0 fully saturated rings. The van der Waals surface area contributed by atoms with E-state index in [1.165, 1.54) is 14.2 Å². The lowest BCUT2D eigenvalue weighted by atomic mass is 9.99. The molecule has 1 aromatic rings. The molecule has 106 valence electrons. The van der Waals surface area contributed by atoms with Gasteiger partial charge >= 0.3 is 5.97 Å². The Hall–Kier alpha value is -1.46. The fourth-order valence-electron chi connectivity index (χ4n) is 1.85. The molecule has 0 amide bonds. The number of nitrogens with two attached hydrogens (primary N) is 1. The van der Waals surface area contributed by atoms with Gasteiger partial charge in [-0.2, -0.15) is 0 Å². The highest BCUT2D eigenvalue weighted by Gasteiger charge is 2.20. The number of aliphatic carboxylic acids is 1. The van der Waals surface area contributed by atoms with Gasteiger partial charge in [0.15, 0.2) is 0 Å². The van der Waals surface area contributed by atoms with E-state index in [4.69, 9.17) is 31.9 Å². The zero-order valence-electron chi connectivity index (χ0n) is 11.2. The van der Waals surface area contributed by atoms with Crippen LogP contribution < -0.4 is 15.2 Å². The predicted octanol–water partition coefficient (Wildman–Crippen LogP) is 2.53. The van der Waals surface area contributed by atoms with Gasteiger partial charge in [-0.25, -0.2) is 0 Å². The van der Waals surface area contributed by atoms with Crippen molar-refractivity contribution in [2.24, 2.45) is 5.73 Å². The number of rotatable bonds is 6. The number of benzene rings is 1. The summed E-state index contributed by atoms with van der Waals surface area (Å²) in [4.78, 5) is 10.6. The van der Waals surface area contributed by atoms with E-state index >= 15 is 0 Å². The van der Waals surface area contributed by atoms with Crippen molar-refractivity contribution in [2.75, 3.05) is 14.2 Å². The molecule has 0 radical (unpaired) electrons. The Labute approximate surface area is 117 Å². The topological polar surface area (TPSA) is 81.8 Å². The van der Waals surface area contributed by atoms with E-state index in [2.05, 4.69) is 0 Å². The summed E-state index contributed by atoms with van der Waals surface area (Å²) in [6.07, 6.45) is 0.284. The summed E-state index contributed by atoms with van der Waals surface area (Å²) in [5.41, 5.74) is 7.41. The predicted molar refractivity (Wildman–Crippen MR) is 73.1 cm³/mol. The number of ether oxygens (including phenoxy) is 2. The molecule has 0 aliphatic heterocycles. The molecule has 0 spiro atoms. The first-order valence-electron chi connectivity index (χ1n) is 5.80. The first kappa shape index (κ1) is 15.6. The Morgan fingerprint density at radius 3 is 2.58 bits per heavy atom. The third kappa shape index (κ3) is 3.52. The van der Waals surface area contributed by atoms with E-state index in [1.54, 1.807) is 6.07 Å². The maximum absolute atomic E-state index is 10.6. The SMILES string of the molecule is COc1cc(C(N)CCC(=O)O)c(OC)c(Cl)c1C. The molecule has 0 aliphatic carbocycles. The zero-order chi connectivity index (χ0) is 14.6. The molecule has 1 unspecified atom stereocenters. The van der Waals surface area contributed by atoms with Crippen molar-refractivity contribution in [1.82, 2.24) is 0 Å². The summed E-state index contributed by atoms with van der Waals surface area (Å²) in [7, 11) is 3.04. The highest BCUT2D eigenvalue weighted by Crippen LogP contribution is 2.40. The van der Waals surface area contributed by atoms with Gasteiger partial charge in [0.1, 0.15) is 11.5 Å². The minimum atomic E-state index is -0.889. The van der Waals surface area contributed by atoms with Gasteiger partial charge in [0.05, 0.1) is 19.2 Å². The number of halogens is 1. The fraction of sp³-hybridized carbons (Fsp3) is 0.462. The third-order valence-electron chi connectivity index (χ3n) is 2.94. The van der Waals surface area contributed by atoms with Crippen molar-refractivity contribution in [3.63, 3.8) is 0 Å². The van der Waals surface area contributed by atoms with Crippen molar-refractivity contribution in [3.05, 3.63) is 22.2 Å². The van der Waals surface area contributed by atoms with Gasteiger partial charge in [0.25, 0.3) is 0 Å². The number of hydrogen-bond donors (Lipinski definition) is 2. The molecule has 19 heavy (non-hydrogen) atoms. The Bertz CT molecular complexity index is 476. The van der Waals surface area contributed by atoms with Gasteiger partial charge in [-0.05, 0) is 19.4 Å². The summed E-state index contributed by atoms with van der Waals surface area (Å²) in [6.45, 7) is 1.82. The molecular weight excluding hydrogens is 270 g/mol. The van der Waals surface area contributed by atoms with E-state index in [1.807, 2.05) is 6.92 Å². The van der Waals surface area contributed by atoms with Crippen LogP contribution in [0, 0.1) is 6.92 Å². The molecular formula is C13H18ClNO4. The third-order valence-corrected chi connectivity index (χ3v) is 3.39. The van der Waals surface area contributed by atoms with E-state index in [9.17, 15) is 4.79 Å². The number of hydrogen-bond acceptors (Lipinski definition) is 4. The standard InChI is InChI=1S/C13H18ClNO4/c1-7-10(18-2)6-8(13(19-3)12(7)14)9(15)4-5-11(16)17/h6,9H,4-5,15H2,1-3H3,(H,16,17). The number of methoxy groups -OCH3 is 2. The van der Waals surface area contributed by atoms with Gasteiger partial charge in [0.2, 0.25) is 0 Å². The molecule has 3 N–H and O–H groups in total. The Kier molecular flexibility index (Phi) is 5.44. The highest BCUT2D eigenvalue weighted by atomic mass is 35.5. The molecule has 0 saturated carbocycles. The van der Waals surface area contributed by atoms with E-state index < -0.39 is 12.0 Å². The molecule has 5 nitrogen and oxygen atoms in total. The van der Waals surface area contributed by atoms with Crippen LogP contribution in [0.5, 0.6) is 11.5 Å². The largest absolute Gasteiger partial charge is 0.496 e. The lowest BCUT2D eigenvalue weighted by Gasteiger charge is -2.19. The van der Waals surface area contributed by atoms with Crippen LogP contribution in [0.2, 0.25) is 5.02 Å². The molecule has 0 heterocycles. The van der Waals surface area contributed by atoms with E-state index in [0.29, 0.717) is 28.5 Å². The van der Waals surface area contributed by atoms with E-state index in [-0.39, 0.29) is 6.42 Å².